The highest BCUT2D eigenvalue weighted by Gasteiger charge is 2.19. The molecule has 29 heavy (non-hydrogen) atoms. The molecule has 0 N–H and O–H groups in total. The van der Waals surface area contributed by atoms with Gasteiger partial charge in [-0.05, 0) is 36.4 Å². The van der Waals surface area contributed by atoms with Gasteiger partial charge in [-0.15, -0.1) is 0 Å². The molecule has 4 rings (SSSR count). The van der Waals surface area contributed by atoms with E-state index in [2.05, 4.69) is 9.97 Å². The van der Waals surface area contributed by atoms with Gasteiger partial charge in [-0.2, -0.15) is 0 Å². The summed E-state index contributed by atoms with van der Waals surface area (Å²) in [6.45, 7) is 0.477. The molecule has 2 aromatic carbocycles. The summed E-state index contributed by atoms with van der Waals surface area (Å²) in [6, 6.07) is 15.7. The number of pyridine rings is 1. The fourth-order valence-electron chi connectivity index (χ4n) is 3.26. The molecule has 0 aliphatic carbocycles. The zero-order valence-corrected chi connectivity index (χ0v) is 16.5. The van der Waals surface area contributed by atoms with Crippen molar-refractivity contribution in [3.8, 4) is 0 Å². The minimum atomic E-state index is -0.374. The number of imidazole rings is 1. The minimum absolute atomic E-state index is 0.166. The van der Waals surface area contributed by atoms with Gasteiger partial charge in [-0.3, -0.25) is 9.78 Å². The summed E-state index contributed by atoms with van der Waals surface area (Å²) < 4.78 is 16.3. The van der Waals surface area contributed by atoms with Gasteiger partial charge < -0.3 is 9.47 Å². The van der Waals surface area contributed by atoms with Crippen LogP contribution in [0.1, 0.15) is 21.7 Å². The van der Waals surface area contributed by atoms with Crippen LogP contribution in [-0.4, -0.2) is 32.4 Å². The molecular weight excluding hydrogens is 391 g/mol. The number of aromatic nitrogens is 3. The fourth-order valence-corrected chi connectivity index (χ4v) is 3.48. The summed E-state index contributed by atoms with van der Waals surface area (Å²) >= 11 is 6.24. The van der Waals surface area contributed by atoms with Crippen LogP contribution < -0.4 is 0 Å². The lowest BCUT2D eigenvalue weighted by Gasteiger charge is -2.18. The van der Waals surface area contributed by atoms with Gasteiger partial charge in [0.05, 0.1) is 29.7 Å². The lowest BCUT2D eigenvalue weighted by molar-refractivity contribution is 0.0780. The summed E-state index contributed by atoms with van der Waals surface area (Å²) in [7, 11) is 1.70. The highest BCUT2D eigenvalue weighted by Crippen LogP contribution is 2.24. The first-order valence-electron chi connectivity index (χ1n) is 9.07. The molecule has 0 fully saturated rings. The first-order valence-corrected chi connectivity index (χ1v) is 9.45. The van der Waals surface area contributed by atoms with Crippen molar-refractivity contribution in [2.45, 2.75) is 13.1 Å². The van der Waals surface area contributed by atoms with Gasteiger partial charge >= 0.3 is 0 Å². The standard InChI is InChI=1S/C22H18ClFN4O/c1-27(22(29)15-6-5-11-25-12-15)14-21-26-19-9-2-3-10-20(19)28(21)13-16-17(23)7-4-8-18(16)24/h2-12H,13-14H2,1H3. The number of fused-ring (bicyclic) bond motifs is 1. The highest BCUT2D eigenvalue weighted by molar-refractivity contribution is 6.31. The molecule has 0 aliphatic rings. The monoisotopic (exact) mass is 408 g/mol. The largest absolute Gasteiger partial charge is 0.334 e. The SMILES string of the molecule is CN(Cc1nc2ccccc2n1Cc1c(F)cccc1Cl)C(=O)c1cccnc1. The molecule has 0 bridgehead atoms. The Morgan fingerprint density at radius 3 is 2.72 bits per heavy atom. The predicted octanol–water partition coefficient (Wildman–Crippen LogP) is 4.54. The molecule has 0 spiro atoms. The Kier molecular flexibility index (Phi) is 5.27. The van der Waals surface area contributed by atoms with E-state index >= 15 is 0 Å². The Balaban J connectivity index is 1.71. The Labute approximate surface area is 172 Å². The average Bonchev–Trinajstić information content (AvgIpc) is 3.07. The first kappa shape index (κ1) is 19.1. The molecule has 0 atom stereocenters. The number of rotatable bonds is 5. The molecule has 1 amide bonds. The molecule has 0 unspecified atom stereocenters. The maximum Gasteiger partial charge on any atom is 0.255 e. The van der Waals surface area contributed by atoms with Crippen LogP contribution in [0, 0.1) is 5.82 Å². The van der Waals surface area contributed by atoms with Crippen molar-refractivity contribution in [2.24, 2.45) is 0 Å². The molecule has 146 valence electrons. The van der Waals surface area contributed by atoms with Crippen molar-refractivity contribution >= 4 is 28.5 Å². The summed E-state index contributed by atoms with van der Waals surface area (Å²) in [5, 5.41) is 0.355. The van der Waals surface area contributed by atoms with Crippen molar-refractivity contribution in [1.82, 2.24) is 19.4 Å². The third kappa shape index (κ3) is 3.84. The van der Waals surface area contributed by atoms with Gasteiger partial charge in [0.15, 0.2) is 0 Å². The molecule has 0 aliphatic heterocycles. The quantitative estimate of drug-likeness (QED) is 0.487. The minimum Gasteiger partial charge on any atom is -0.334 e. The number of para-hydroxylation sites is 2. The number of carbonyl (C=O) groups is 1. The van der Waals surface area contributed by atoms with E-state index in [1.807, 2.05) is 28.8 Å². The van der Waals surface area contributed by atoms with Crippen molar-refractivity contribution in [3.05, 3.63) is 94.8 Å². The smallest absolute Gasteiger partial charge is 0.255 e. The van der Waals surface area contributed by atoms with Crippen LogP contribution >= 0.6 is 11.6 Å². The average molecular weight is 409 g/mol. The first-order chi connectivity index (χ1) is 14.0. The maximum atomic E-state index is 14.4. The summed E-state index contributed by atoms with van der Waals surface area (Å²) in [6.07, 6.45) is 3.15. The molecule has 0 saturated heterocycles. The van der Waals surface area contributed by atoms with Crippen LogP contribution in [0.3, 0.4) is 0 Å². The number of amides is 1. The third-order valence-corrected chi connectivity index (χ3v) is 5.10. The van der Waals surface area contributed by atoms with Crippen molar-refractivity contribution in [3.63, 3.8) is 0 Å². The predicted molar refractivity (Wildman–Crippen MR) is 110 cm³/mol. The summed E-state index contributed by atoms with van der Waals surface area (Å²) in [4.78, 5) is 22.9. The second-order valence-electron chi connectivity index (χ2n) is 6.71. The Bertz CT molecular complexity index is 1160. The number of halogens is 2. The third-order valence-electron chi connectivity index (χ3n) is 4.75. The van der Waals surface area contributed by atoms with E-state index in [-0.39, 0.29) is 24.8 Å². The molecule has 2 aromatic heterocycles. The van der Waals surface area contributed by atoms with E-state index in [1.165, 1.54) is 12.3 Å². The normalized spacial score (nSPS) is 11.0. The summed E-state index contributed by atoms with van der Waals surface area (Å²) in [5.74, 6) is 0.104. The second kappa shape index (κ2) is 8.01. The van der Waals surface area contributed by atoms with E-state index in [0.717, 1.165) is 11.0 Å². The number of benzene rings is 2. The molecule has 7 heteroatoms. The Morgan fingerprint density at radius 1 is 1.14 bits per heavy atom. The van der Waals surface area contributed by atoms with E-state index in [9.17, 15) is 9.18 Å². The van der Waals surface area contributed by atoms with Gasteiger partial charge in [0.2, 0.25) is 0 Å². The zero-order chi connectivity index (χ0) is 20.4. The number of hydrogen-bond donors (Lipinski definition) is 0. The van der Waals surface area contributed by atoms with Gasteiger partial charge in [0.25, 0.3) is 5.91 Å². The van der Waals surface area contributed by atoms with E-state index in [1.54, 1.807) is 42.4 Å². The lowest BCUT2D eigenvalue weighted by Crippen LogP contribution is -2.28. The van der Waals surface area contributed by atoms with E-state index in [4.69, 9.17) is 11.6 Å². The van der Waals surface area contributed by atoms with Crippen LogP contribution in [0.15, 0.2) is 67.0 Å². The summed E-state index contributed by atoms with van der Waals surface area (Å²) in [5.41, 5.74) is 2.51. The van der Waals surface area contributed by atoms with Gasteiger partial charge in [-0.1, -0.05) is 29.8 Å². The molecular formula is C22H18ClFN4O. The van der Waals surface area contributed by atoms with Crippen LogP contribution in [0.4, 0.5) is 4.39 Å². The highest BCUT2D eigenvalue weighted by atomic mass is 35.5. The van der Waals surface area contributed by atoms with E-state index in [0.29, 0.717) is 22.0 Å². The van der Waals surface area contributed by atoms with Gasteiger partial charge in [-0.25, -0.2) is 9.37 Å². The molecule has 0 radical (unpaired) electrons. The molecule has 4 aromatic rings. The molecule has 5 nitrogen and oxygen atoms in total. The topological polar surface area (TPSA) is 51.0 Å². The zero-order valence-electron chi connectivity index (χ0n) is 15.7. The number of carbonyl (C=O) groups excluding carboxylic acids is 1. The van der Waals surface area contributed by atoms with Crippen LogP contribution in [0.25, 0.3) is 11.0 Å². The number of hydrogen-bond acceptors (Lipinski definition) is 3. The van der Waals surface area contributed by atoms with Crippen molar-refractivity contribution in [2.75, 3.05) is 7.05 Å². The van der Waals surface area contributed by atoms with E-state index < -0.39 is 0 Å². The lowest BCUT2D eigenvalue weighted by atomic mass is 10.2. The number of nitrogens with zero attached hydrogens (tertiary/aromatic N) is 4. The van der Waals surface area contributed by atoms with Gasteiger partial charge in [0, 0.05) is 30.0 Å². The van der Waals surface area contributed by atoms with Crippen molar-refractivity contribution < 1.29 is 9.18 Å². The van der Waals surface area contributed by atoms with Gasteiger partial charge in [0.1, 0.15) is 11.6 Å². The van der Waals surface area contributed by atoms with Crippen LogP contribution in [-0.2, 0) is 13.1 Å². The molecule has 2 heterocycles. The molecule has 0 saturated carbocycles. The Hall–Kier alpha value is -3.25. The second-order valence-corrected chi connectivity index (χ2v) is 7.11. The van der Waals surface area contributed by atoms with Crippen LogP contribution in [0.2, 0.25) is 5.02 Å². The maximum absolute atomic E-state index is 14.4. The fraction of sp³-hybridized carbons (Fsp3) is 0.136. The van der Waals surface area contributed by atoms with Crippen LogP contribution in [0.5, 0.6) is 0 Å². The Morgan fingerprint density at radius 2 is 1.97 bits per heavy atom. The van der Waals surface area contributed by atoms with Crippen molar-refractivity contribution in [1.29, 1.82) is 0 Å².